The Kier molecular flexibility index (Phi) is 3.46. The number of fused-ring (bicyclic) bond motifs is 1. The third kappa shape index (κ3) is 2.42. The summed E-state index contributed by atoms with van der Waals surface area (Å²) in [6.45, 7) is 0. The number of thiophene rings is 1. The highest BCUT2D eigenvalue weighted by Gasteiger charge is 2.23. The maximum absolute atomic E-state index is 13.1. The SMILES string of the molecule is O=C(O)c1cc2c(C(F)F)nn(-c3ccc(Br)cn3)c2s1. The van der Waals surface area contributed by atoms with Crippen molar-refractivity contribution in [3.05, 3.63) is 39.4 Å². The van der Waals surface area contributed by atoms with Gasteiger partial charge in [0.15, 0.2) is 5.82 Å². The molecule has 0 saturated heterocycles. The lowest BCUT2D eigenvalue weighted by atomic mass is 10.3. The summed E-state index contributed by atoms with van der Waals surface area (Å²) < 4.78 is 28.1. The highest BCUT2D eigenvalue weighted by Crippen LogP contribution is 2.34. The Hall–Kier alpha value is -1.87. The second kappa shape index (κ2) is 5.15. The third-order valence-corrected chi connectivity index (χ3v) is 4.30. The van der Waals surface area contributed by atoms with Gasteiger partial charge in [-0.1, -0.05) is 0 Å². The van der Waals surface area contributed by atoms with Crippen molar-refractivity contribution in [2.24, 2.45) is 0 Å². The summed E-state index contributed by atoms with van der Waals surface area (Å²) in [5.41, 5.74) is -0.446. The number of nitrogens with zero attached hydrogens (tertiary/aromatic N) is 3. The second-order valence-electron chi connectivity index (χ2n) is 4.07. The average molecular weight is 374 g/mol. The molecule has 1 N–H and O–H groups in total. The van der Waals surface area contributed by atoms with Gasteiger partial charge in [0.1, 0.15) is 15.4 Å². The first kappa shape index (κ1) is 14.1. The number of carboxylic acid groups (broad SMARTS) is 1. The van der Waals surface area contributed by atoms with Gasteiger partial charge >= 0.3 is 5.97 Å². The van der Waals surface area contributed by atoms with Gasteiger partial charge in [-0.25, -0.2) is 23.2 Å². The molecular formula is C12H6BrF2N3O2S. The lowest BCUT2D eigenvalue weighted by Gasteiger charge is -2.01. The van der Waals surface area contributed by atoms with Crippen LogP contribution < -0.4 is 0 Å². The predicted molar refractivity (Wildman–Crippen MR) is 76.4 cm³/mol. The number of carbonyl (C=O) groups is 1. The molecule has 0 unspecified atom stereocenters. The van der Waals surface area contributed by atoms with Gasteiger partial charge < -0.3 is 5.11 Å². The molecule has 0 bridgehead atoms. The van der Waals surface area contributed by atoms with Gasteiger partial charge in [-0.2, -0.15) is 5.10 Å². The molecule has 0 aromatic carbocycles. The van der Waals surface area contributed by atoms with E-state index in [1.807, 2.05) is 0 Å². The van der Waals surface area contributed by atoms with E-state index in [4.69, 9.17) is 5.11 Å². The summed E-state index contributed by atoms with van der Waals surface area (Å²) in [6.07, 6.45) is -1.28. The molecule has 9 heteroatoms. The fourth-order valence-electron chi connectivity index (χ4n) is 1.84. The zero-order valence-corrected chi connectivity index (χ0v) is 12.5. The van der Waals surface area contributed by atoms with Crippen LogP contribution in [0.1, 0.15) is 21.8 Å². The molecule has 108 valence electrons. The smallest absolute Gasteiger partial charge is 0.345 e. The molecule has 3 aromatic rings. The number of hydrogen-bond acceptors (Lipinski definition) is 4. The molecular weight excluding hydrogens is 368 g/mol. The molecule has 3 heterocycles. The van der Waals surface area contributed by atoms with Gasteiger partial charge in [0, 0.05) is 16.1 Å². The number of carboxylic acids is 1. The van der Waals surface area contributed by atoms with Crippen molar-refractivity contribution in [3.8, 4) is 5.82 Å². The van der Waals surface area contributed by atoms with Crippen molar-refractivity contribution in [3.63, 3.8) is 0 Å². The Morgan fingerprint density at radius 2 is 2.19 bits per heavy atom. The minimum Gasteiger partial charge on any atom is -0.477 e. The largest absolute Gasteiger partial charge is 0.477 e. The maximum atomic E-state index is 13.1. The fourth-order valence-corrected chi connectivity index (χ4v) is 3.05. The summed E-state index contributed by atoms with van der Waals surface area (Å²) in [7, 11) is 0. The van der Waals surface area contributed by atoms with Crippen molar-refractivity contribution >= 4 is 43.5 Å². The van der Waals surface area contributed by atoms with Gasteiger partial charge in [0.25, 0.3) is 6.43 Å². The normalized spacial score (nSPS) is 11.4. The van der Waals surface area contributed by atoms with Gasteiger partial charge in [0.2, 0.25) is 0 Å². The Bertz CT molecular complexity index is 829. The van der Waals surface area contributed by atoms with E-state index in [-0.39, 0.29) is 10.3 Å². The number of rotatable bonds is 3. The Labute approximate surface area is 129 Å². The summed E-state index contributed by atoms with van der Waals surface area (Å²) in [4.78, 5) is 15.4. The monoisotopic (exact) mass is 373 g/mol. The molecule has 5 nitrogen and oxygen atoms in total. The highest BCUT2D eigenvalue weighted by molar-refractivity contribution is 9.10. The summed E-state index contributed by atoms with van der Waals surface area (Å²) in [6, 6.07) is 4.52. The van der Waals surface area contributed by atoms with Gasteiger partial charge in [0.05, 0.1) is 0 Å². The molecule has 0 spiro atoms. The first-order valence-corrected chi connectivity index (χ1v) is 7.24. The van der Waals surface area contributed by atoms with Crippen LogP contribution in [-0.4, -0.2) is 25.8 Å². The van der Waals surface area contributed by atoms with Crippen molar-refractivity contribution in [2.45, 2.75) is 6.43 Å². The topological polar surface area (TPSA) is 68.0 Å². The van der Waals surface area contributed by atoms with E-state index in [9.17, 15) is 13.6 Å². The van der Waals surface area contributed by atoms with Crippen LogP contribution in [0.15, 0.2) is 28.9 Å². The Morgan fingerprint density at radius 1 is 1.43 bits per heavy atom. The molecule has 0 amide bonds. The zero-order chi connectivity index (χ0) is 15.1. The number of hydrogen-bond donors (Lipinski definition) is 1. The van der Waals surface area contributed by atoms with Crippen LogP contribution in [0, 0.1) is 0 Å². The van der Waals surface area contributed by atoms with E-state index in [1.165, 1.54) is 16.9 Å². The van der Waals surface area contributed by atoms with Crippen molar-refractivity contribution in [2.75, 3.05) is 0 Å². The molecule has 21 heavy (non-hydrogen) atoms. The molecule has 0 atom stereocenters. The number of alkyl halides is 2. The number of halogens is 3. The van der Waals surface area contributed by atoms with Crippen molar-refractivity contribution in [1.29, 1.82) is 0 Å². The standard InChI is InChI=1S/C12H6BrF2N3O2S/c13-5-1-2-8(16-4-5)18-11-6(9(17-18)10(14)15)3-7(21-11)12(19)20/h1-4,10H,(H,19,20). The van der Waals surface area contributed by atoms with Gasteiger partial charge in [-0.15, -0.1) is 11.3 Å². The van der Waals surface area contributed by atoms with Crippen LogP contribution in [-0.2, 0) is 0 Å². The molecule has 0 aliphatic carbocycles. The molecule has 0 aliphatic heterocycles. The molecule has 0 radical (unpaired) electrons. The summed E-state index contributed by atoms with van der Waals surface area (Å²) in [5.74, 6) is -0.819. The predicted octanol–water partition coefficient (Wildman–Crippen LogP) is 3.88. The van der Waals surface area contributed by atoms with E-state index in [2.05, 4.69) is 26.0 Å². The quantitative estimate of drug-likeness (QED) is 0.756. The van der Waals surface area contributed by atoms with Crippen molar-refractivity contribution in [1.82, 2.24) is 14.8 Å². The number of aromatic nitrogens is 3. The Morgan fingerprint density at radius 3 is 2.76 bits per heavy atom. The molecule has 0 fully saturated rings. The maximum Gasteiger partial charge on any atom is 0.345 e. The average Bonchev–Trinajstić information content (AvgIpc) is 2.98. The van der Waals surface area contributed by atoms with E-state index in [0.29, 0.717) is 10.6 Å². The van der Waals surface area contributed by atoms with Gasteiger partial charge in [-0.05, 0) is 34.1 Å². The van der Waals surface area contributed by atoms with Crippen LogP contribution in [0.2, 0.25) is 0 Å². The van der Waals surface area contributed by atoms with Crippen LogP contribution in [0.5, 0.6) is 0 Å². The van der Waals surface area contributed by atoms with E-state index in [1.54, 1.807) is 12.1 Å². The van der Waals surface area contributed by atoms with E-state index >= 15 is 0 Å². The lowest BCUT2D eigenvalue weighted by molar-refractivity contribution is 0.0702. The minimum atomic E-state index is -2.79. The number of aromatic carboxylic acids is 1. The Balaban J connectivity index is 2.26. The molecule has 0 saturated carbocycles. The highest BCUT2D eigenvalue weighted by atomic mass is 79.9. The fraction of sp³-hybridized carbons (Fsp3) is 0.0833. The third-order valence-electron chi connectivity index (χ3n) is 2.73. The van der Waals surface area contributed by atoms with Crippen LogP contribution in [0.25, 0.3) is 16.0 Å². The molecule has 3 aromatic heterocycles. The lowest BCUT2D eigenvalue weighted by Crippen LogP contribution is -2.00. The van der Waals surface area contributed by atoms with E-state index in [0.717, 1.165) is 15.8 Å². The van der Waals surface area contributed by atoms with Crippen LogP contribution in [0.3, 0.4) is 0 Å². The summed E-state index contributed by atoms with van der Waals surface area (Å²) >= 11 is 4.12. The molecule has 0 aliphatic rings. The second-order valence-corrected chi connectivity index (χ2v) is 6.01. The van der Waals surface area contributed by atoms with Crippen LogP contribution in [0.4, 0.5) is 8.78 Å². The first-order valence-electron chi connectivity index (χ1n) is 5.63. The molecule has 3 rings (SSSR count). The summed E-state index contributed by atoms with van der Waals surface area (Å²) in [5, 5.41) is 13.0. The zero-order valence-electron chi connectivity index (χ0n) is 10.1. The van der Waals surface area contributed by atoms with Gasteiger partial charge in [-0.3, -0.25) is 0 Å². The first-order chi connectivity index (χ1) is 9.97. The van der Waals surface area contributed by atoms with Crippen molar-refractivity contribution < 1.29 is 18.7 Å². The number of pyridine rings is 1. The van der Waals surface area contributed by atoms with Crippen LogP contribution >= 0.6 is 27.3 Å². The minimum absolute atomic E-state index is 0.0184. The van der Waals surface area contributed by atoms with E-state index < -0.39 is 18.1 Å².